The number of hydrogen-bond donors (Lipinski definition) is 0. The first-order valence-corrected chi connectivity index (χ1v) is 8.24. The van der Waals surface area contributed by atoms with Gasteiger partial charge in [0, 0.05) is 26.2 Å². The van der Waals surface area contributed by atoms with Crippen molar-refractivity contribution in [1.29, 1.82) is 0 Å². The third kappa shape index (κ3) is 3.13. The Balaban J connectivity index is 1.78. The first-order chi connectivity index (χ1) is 11.6. The van der Waals surface area contributed by atoms with Gasteiger partial charge in [-0.3, -0.25) is 4.79 Å². The van der Waals surface area contributed by atoms with E-state index in [1.165, 1.54) is 14.2 Å². The summed E-state index contributed by atoms with van der Waals surface area (Å²) in [5, 5.41) is 0. The largest absolute Gasteiger partial charge is 0.412 e. The number of alkyl halides is 3. The van der Waals surface area contributed by atoms with Crippen molar-refractivity contribution < 1.29 is 36.9 Å². The van der Waals surface area contributed by atoms with Gasteiger partial charge in [0.2, 0.25) is 0 Å². The lowest BCUT2D eigenvalue weighted by Crippen LogP contribution is -2.58. The number of epoxide rings is 2. The highest BCUT2D eigenvalue weighted by molar-refractivity contribution is 5.89. The normalized spacial score (nSPS) is 44.3. The van der Waals surface area contributed by atoms with Crippen molar-refractivity contribution >= 4 is 5.78 Å². The van der Waals surface area contributed by atoms with Gasteiger partial charge in [-0.25, -0.2) is 0 Å². The van der Waals surface area contributed by atoms with Gasteiger partial charge in [0.05, 0.1) is 18.6 Å². The van der Waals surface area contributed by atoms with Crippen molar-refractivity contribution in [2.75, 3.05) is 20.8 Å². The summed E-state index contributed by atoms with van der Waals surface area (Å²) < 4.78 is 60.0. The summed E-state index contributed by atoms with van der Waals surface area (Å²) >= 11 is 0. The number of ketones is 1. The molecular weight excluding hydrogens is 341 g/mol. The molecule has 3 rings (SSSR count). The molecule has 0 N–H and O–H groups in total. The Morgan fingerprint density at radius 2 is 2.00 bits per heavy atom. The maximum absolute atomic E-state index is 12.6. The molecule has 2 saturated heterocycles. The molecule has 1 aliphatic carbocycles. The molecule has 0 bridgehead atoms. The van der Waals surface area contributed by atoms with E-state index in [4.69, 9.17) is 18.9 Å². The highest BCUT2D eigenvalue weighted by Crippen LogP contribution is 2.59. The minimum absolute atomic E-state index is 0.132. The van der Waals surface area contributed by atoms with E-state index in [-0.39, 0.29) is 18.1 Å². The molecule has 0 aromatic carbocycles. The number of halogens is 3. The lowest BCUT2D eigenvalue weighted by Gasteiger charge is -2.40. The molecule has 1 saturated carbocycles. The SMILES string of the molecule is CO[C@H]1C[C@]2(CO2)[C@@H]([C@@]2(C)O[C@@H]2C/C=C(\C)C(F)(F)F)[C@H](OC)C1=O. The van der Waals surface area contributed by atoms with Crippen LogP contribution in [0.4, 0.5) is 13.2 Å². The summed E-state index contributed by atoms with van der Waals surface area (Å²) in [6.45, 7) is 3.32. The van der Waals surface area contributed by atoms with E-state index in [2.05, 4.69) is 0 Å². The van der Waals surface area contributed by atoms with Gasteiger partial charge >= 0.3 is 6.18 Å². The first-order valence-electron chi connectivity index (χ1n) is 8.24. The number of carbonyl (C=O) groups excluding carboxylic acids is 1. The monoisotopic (exact) mass is 364 g/mol. The highest BCUT2D eigenvalue weighted by Gasteiger charge is 2.73. The smallest absolute Gasteiger partial charge is 0.373 e. The van der Waals surface area contributed by atoms with E-state index in [1.807, 2.05) is 6.92 Å². The molecule has 3 fully saturated rings. The minimum atomic E-state index is -4.34. The van der Waals surface area contributed by atoms with Crippen molar-refractivity contribution in [3.8, 4) is 0 Å². The molecule has 3 aliphatic rings. The number of methoxy groups -OCH3 is 2. The summed E-state index contributed by atoms with van der Waals surface area (Å²) in [5.41, 5.74) is -1.97. The van der Waals surface area contributed by atoms with Crippen molar-refractivity contribution in [3.05, 3.63) is 11.6 Å². The quantitative estimate of drug-likeness (QED) is 0.554. The summed E-state index contributed by atoms with van der Waals surface area (Å²) in [6, 6.07) is 0. The van der Waals surface area contributed by atoms with E-state index >= 15 is 0 Å². The van der Waals surface area contributed by atoms with Gasteiger partial charge in [-0.1, -0.05) is 6.08 Å². The zero-order valence-electron chi connectivity index (χ0n) is 14.7. The van der Waals surface area contributed by atoms with Gasteiger partial charge in [0.1, 0.15) is 23.4 Å². The van der Waals surface area contributed by atoms with E-state index in [0.717, 1.165) is 13.0 Å². The van der Waals surface area contributed by atoms with Gasteiger partial charge in [-0.05, 0) is 20.3 Å². The molecule has 2 aliphatic heterocycles. The third-order valence-electron chi connectivity index (χ3n) is 5.73. The van der Waals surface area contributed by atoms with Crippen LogP contribution < -0.4 is 0 Å². The molecule has 5 nitrogen and oxygen atoms in total. The Kier molecular flexibility index (Phi) is 4.55. The van der Waals surface area contributed by atoms with E-state index in [9.17, 15) is 18.0 Å². The number of hydrogen-bond acceptors (Lipinski definition) is 5. The molecule has 2 heterocycles. The number of carbonyl (C=O) groups is 1. The molecule has 6 atom stereocenters. The van der Waals surface area contributed by atoms with Gasteiger partial charge in [-0.2, -0.15) is 13.2 Å². The number of rotatable bonds is 5. The van der Waals surface area contributed by atoms with Crippen LogP contribution in [0.15, 0.2) is 11.6 Å². The number of Topliss-reactive ketones (excluding diaryl/α,β-unsaturated/α-hetero) is 1. The molecule has 142 valence electrons. The van der Waals surface area contributed by atoms with Crippen LogP contribution in [0.2, 0.25) is 0 Å². The highest BCUT2D eigenvalue weighted by atomic mass is 19.4. The van der Waals surface area contributed by atoms with E-state index in [0.29, 0.717) is 13.0 Å². The van der Waals surface area contributed by atoms with Crippen LogP contribution in [0.5, 0.6) is 0 Å². The van der Waals surface area contributed by atoms with Crippen LogP contribution in [-0.2, 0) is 23.7 Å². The summed E-state index contributed by atoms with van der Waals surface area (Å²) in [5.74, 6) is -0.540. The standard InChI is InChI=1S/C17H23F3O5/c1-9(17(18,19)20)5-6-11-15(2,25-11)14-13(23-4)12(21)10(22-3)7-16(14)8-24-16/h5,10-11,13-14H,6-8H2,1-4H3/b9-5+/t10-,11+,13+,14+,15-,16-/m0/s1. The molecule has 0 amide bonds. The van der Waals surface area contributed by atoms with Gasteiger partial charge < -0.3 is 18.9 Å². The lowest BCUT2D eigenvalue weighted by molar-refractivity contribution is -0.157. The zero-order valence-corrected chi connectivity index (χ0v) is 14.7. The second-order valence-corrected chi connectivity index (χ2v) is 7.23. The Hall–Kier alpha value is -0.960. The van der Waals surface area contributed by atoms with Gasteiger partial charge in [-0.15, -0.1) is 0 Å². The maximum Gasteiger partial charge on any atom is 0.412 e. The minimum Gasteiger partial charge on any atom is -0.373 e. The van der Waals surface area contributed by atoms with Crippen molar-refractivity contribution in [1.82, 2.24) is 0 Å². The lowest BCUT2D eigenvalue weighted by atomic mass is 9.68. The Morgan fingerprint density at radius 1 is 1.36 bits per heavy atom. The van der Waals surface area contributed by atoms with Crippen molar-refractivity contribution in [2.24, 2.45) is 5.92 Å². The summed E-state index contributed by atoms with van der Waals surface area (Å²) in [4.78, 5) is 12.6. The molecule has 0 radical (unpaired) electrons. The third-order valence-corrected chi connectivity index (χ3v) is 5.73. The molecule has 0 aromatic rings. The number of ether oxygens (including phenoxy) is 4. The van der Waals surface area contributed by atoms with Crippen LogP contribution in [0.25, 0.3) is 0 Å². The molecule has 0 unspecified atom stereocenters. The van der Waals surface area contributed by atoms with Crippen molar-refractivity contribution in [2.45, 2.75) is 62.4 Å². The fourth-order valence-electron chi connectivity index (χ4n) is 4.06. The molecular formula is C17H23F3O5. The Morgan fingerprint density at radius 3 is 2.48 bits per heavy atom. The molecule has 25 heavy (non-hydrogen) atoms. The van der Waals surface area contributed by atoms with E-state index < -0.39 is 41.3 Å². The number of allylic oxidation sites excluding steroid dienone is 1. The van der Waals surface area contributed by atoms with Crippen LogP contribution in [0, 0.1) is 5.92 Å². The second-order valence-electron chi connectivity index (χ2n) is 7.23. The first kappa shape index (κ1) is 18.8. The fraction of sp³-hybridized carbons (Fsp3) is 0.824. The predicted octanol–water partition coefficient (Wildman–Crippen LogP) is 2.43. The van der Waals surface area contributed by atoms with Crippen LogP contribution in [-0.4, -0.2) is 62.3 Å². The average molecular weight is 364 g/mol. The van der Waals surface area contributed by atoms with Gasteiger partial charge in [0.15, 0.2) is 5.78 Å². The topological polar surface area (TPSA) is 60.6 Å². The fourth-order valence-corrected chi connectivity index (χ4v) is 4.06. The Bertz CT molecular complexity index is 583. The summed E-state index contributed by atoms with van der Waals surface area (Å²) in [6.07, 6.45) is -4.42. The maximum atomic E-state index is 12.6. The molecule has 0 aromatic heterocycles. The van der Waals surface area contributed by atoms with Gasteiger partial charge in [0.25, 0.3) is 0 Å². The van der Waals surface area contributed by atoms with Crippen LogP contribution in [0.3, 0.4) is 0 Å². The van der Waals surface area contributed by atoms with Crippen molar-refractivity contribution in [3.63, 3.8) is 0 Å². The summed E-state index contributed by atoms with van der Waals surface area (Å²) in [7, 11) is 2.91. The molecule has 1 spiro atoms. The Labute approximate surface area is 144 Å². The van der Waals surface area contributed by atoms with Crippen LogP contribution in [0.1, 0.15) is 26.7 Å². The van der Waals surface area contributed by atoms with Crippen LogP contribution >= 0.6 is 0 Å². The van der Waals surface area contributed by atoms with E-state index in [1.54, 1.807) is 0 Å². The molecule has 8 heteroatoms. The average Bonchev–Trinajstić information content (AvgIpc) is 3.44. The second kappa shape index (κ2) is 6.04. The predicted molar refractivity (Wildman–Crippen MR) is 81.1 cm³/mol. The zero-order chi connectivity index (χ0) is 18.6.